The summed E-state index contributed by atoms with van der Waals surface area (Å²) in [5, 5.41) is 4.74. The van der Waals surface area contributed by atoms with E-state index in [-0.39, 0.29) is 12.3 Å². The van der Waals surface area contributed by atoms with Crippen molar-refractivity contribution in [3.8, 4) is 0 Å². The molecular formula is C10H8Br3ClN2O2. The van der Waals surface area contributed by atoms with Gasteiger partial charge in [0, 0.05) is 25.7 Å². The Morgan fingerprint density at radius 3 is 2.22 bits per heavy atom. The molecule has 1 aromatic rings. The Bertz CT molecular complexity index is 459. The third-order valence-electron chi connectivity index (χ3n) is 1.82. The van der Waals surface area contributed by atoms with E-state index < -0.39 is 11.9 Å². The van der Waals surface area contributed by atoms with Gasteiger partial charge in [0.15, 0.2) is 0 Å². The highest BCUT2D eigenvalue weighted by Gasteiger charge is 2.12. The lowest BCUT2D eigenvalue weighted by Gasteiger charge is -2.10. The van der Waals surface area contributed by atoms with E-state index in [1.165, 1.54) is 0 Å². The predicted molar refractivity (Wildman–Crippen MR) is 82.0 cm³/mol. The second kappa shape index (κ2) is 7.47. The summed E-state index contributed by atoms with van der Waals surface area (Å²) in [7, 11) is 0. The zero-order chi connectivity index (χ0) is 13.7. The number of halogens is 4. The Morgan fingerprint density at radius 1 is 1.17 bits per heavy atom. The van der Waals surface area contributed by atoms with Crippen molar-refractivity contribution < 1.29 is 9.59 Å². The minimum Gasteiger partial charge on any atom is -0.305 e. The predicted octanol–water partition coefficient (Wildman–Crippen LogP) is 4.25. The molecule has 0 bridgehead atoms. The van der Waals surface area contributed by atoms with E-state index in [0.29, 0.717) is 14.6 Å². The van der Waals surface area contributed by atoms with E-state index >= 15 is 0 Å². The largest absolute Gasteiger partial charge is 0.325 e. The molecule has 1 aromatic carbocycles. The summed E-state index contributed by atoms with van der Waals surface area (Å²) >= 11 is 15.3. The van der Waals surface area contributed by atoms with Crippen molar-refractivity contribution in [1.29, 1.82) is 0 Å². The number of imide groups is 1. The number of rotatable bonds is 3. The zero-order valence-corrected chi connectivity index (χ0v) is 14.4. The van der Waals surface area contributed by atoms with Gasteiger partial charge in [-0.3, -0.25) is 10.1 Å². The van der Waals surface area contributed by atoms with Crippen LogP contribution in [-0.2, 0) is 4.79 Å². The first-order chi connectivity index (χ1) is 8.43. The standard InChI is InChI=1S/C10H8Br3ClN2O2/c11-5-3-6(12)9(7(13)4-5)16-10(18)15-8(17)1-2-14/h3-4H,1-2H2,(H2,15,16,17,18). The van der Waals surface area contributed by atoms with Crippen LogP contribution in [-0.4, -0.2) is 17.8 Å². The van der Waals surface area contributed by atoms with Crippen LogP contribution in [0.2, 0.25) is 0 Å². The molecule has 8 heteroatoms. The van der Waals surface area contributed by atoms with E-state index in [1.807, 2.05) is 0 Å². The van der Waals surface area contributed by atoms with Crippen LogP contribution in [0.5, 0.6) is 0 Å². The third kappa shape index (κ3) is 4.87. The second-order valence-electron chi connectivity index (χ2n) is 3.19. The van der Waals surface area contributed by atoms with Crippen molar-refractivity contribution in [1.82, 2.24) is 5.32 Å². The number of anilines is 1. The molecule has 0 aliphatic carbocycles. The van der Waals surface area contributed by atoms with Gasteiger partial charge in [-0.15, -0.1) is 11.6 Å². The average molecular weight is 463 g/mol. The molecule has 0 saturated carbocycles. The van der Waals surface area contributed by atoms with Gasteiger partial charge in [0.25, 0.3) is 0 Å². The van der Waals surface area contributed by atoms with E-state index in [1.54, 1.807) is 12.1 Å². The van der Waals surface area contributed by atoms with Crippen LogP contribution in [0.3, 0.4) is 0 Å². The number of amides is 3. The summed E-state index contributed by atoms with van der Waals surface area (Å²) in [6.07, 6.45) is 0.0949. The molecule has 0 radical (unpaired) electrons. The molecule has 0 aliphatic rings. The maximum absolute atomic E-state index is 11.5. The molecule has 2 N–H and O–H groups in total. The summed E-state index contributed by atoms with van der Waals surface area (Å²) in [5.41, 5.74) is 0.536. The number of alkyl halides is 1. The molecule has 0 aromatic heterocycles. The summed E-state index contributed by atoms with van der Waals surface area (Å²) in [5.74, 6) is -0.253. The number of nitrogens with one attached hydrogen (secondary N) is 2. The molecule has 18 heavy (non-hydrogen) atoms. The number of hydrogen-bond donors (Lipinski definition) is 2. The van der Waals surface area contributed by atoms with Gasteiger partial charge in [-0.25, -0.2) is 4.79 Å². The lowest BCUT2D eigenvalue weighted by molar-refractivity contribution is -0.119. The molecule has 98 valence electrons. The Hall–Kier alpha value is -0.110. The first-order valence-electron chi connectivity index (χ1n) is 4.75. The van der Waals surface area contributed by atoms with Gasteiger partial charge >= 0.3 is 6.03 Å². The van der Waals surface area contributed by atoms with Gasteiger partial charge in [0.2, 0.25) is 5.91 Å². The molecule has 3 amide bonds. The fraction of sp³-hybridized carbons (Fsp3) is 0.200. The highest BCUT2D eigenvalue weighted by atomic mass is 79.9. The fourth-order valence-electron chi connectivity index (χ4n) is 1.08. The highest BCUT2D eigenvalue weighted by molar-refractivity contribution is 9.11. The van der Waals surface area contributed by atoms with Crippen LogP contribution < -0.4 is 10.6 Å². The van der Waals surface area contributed by atoms with Crippen LogP contribution in [0.1, 0.15) is 6.42 Å². The van der Waals surface area contributed by atoms with Crippen LogP contribution in [0, 0.1) is 0 Å². The first kappa shape index (κ1) is 15.9. The Kier molecular flexibility index (Phi) is 6.62. The average Bonchev–Trinajstić information content (AvgIpc) is 2.23. The molecule has 0 aliphatic heterocycles. The molecule has 0 unspecified atom stereocenters. The summed E-state index contributed by atoms with van der Waals surface area (Å²) < 4.78 is 2.22. The summed E-state index contributed by atoms with van der Waals surface area (Å²) in [4.78, 5) is 22.7. The first-order valence-corrected chi connectivity index (χ1v) is 7.66. The minimum absolute atomic E-state index is 0.0949. The topological polar surface area (TPSA) is 58.2 Å². The zero-order valence-electron chi connectivity index (χ0n) is 8.90. The highest BCUT2D eigenvalue weighted by Crippen LogP contribution is 2.34. The van der Waals surface area contributed by atoms with Crippen LogP contribution in [0.4, 0.5) is 10.5 Å². The Labute approximate surface area is 134 Å². The number of benzene rings is 1. The number of hydrogen-bond acceptors (Lipinski definition) is 2. The number of urea groups is 1. The van der Waals surface area contributed by atoms with Crippen molar-refractivity contribution in [3.63, 3.8) is 0 Å². The van der Waals surface area contributed by atoms with Crippen LogP contribution >= 0.6 is 59.4 Å². The molecule has 0 heterocycles. The van der Waals surface area contributed by atoms with Crippen molar-refractivity contribution in [2.24, 2.45) is 0 Å². The Balaban J connectivity index is 2.73. The molecule has 0 atom stereocenters. The van der Waals surface area contributed by atoms with Crippen LogP contribution in [0.15, 0.2) is 25.6 Å². The molecular weight excluding hydrogens is 455 g/mol. The normalized spacial score (nSPS) is 10.0. The maximum atomic E-state index is 11.5. The van der Waals surface area contributed by atoms with Crippen LogP contribution in [0.25, 0.3) is 0 Å². The summed E-state index contributed by atoms with van der Waals surface area (Å²) in [6.45, 7) is 0. The van der Waals surface area contributed by atoms with Gasteiger partial charge in [-0.2, -0.15) is 0 Å². The SMILES string of the molecule is O=C(CCCl)NC(=O)Nc1c(Br)cc(Br)cc1Br. The summed E-state index contributed by atoms with van der Waals surface area (Å²) in [6, 6.07) is 2.95. The van der Waals surface area contributed by atoms with Gasteiger partial charge in [0.05, 0.1) is 5.69 Å². The minimum atomic E-state index is -0.603. The van der Waals surface area contributed by atoms with Crippen molar-refractivity contribution in [2.45, 2.75) is 6.42 Å². The molecule has 0 saturated heterocycles. The lowest BCUT2D eigenvalue weighted by atomic mass is 10.3. The lowest BCUT2D eigenvalue weighted by Crippen LogP contribution is -2.34. The van der Waals surface area contributed by atoms with E-state index in [4.69, 9.17) is 11.6 Å². The molecule has 4 nitrogen and oxygen atoms in total. The van der Waals surface area contributed by atoms with Gasteiger partial charge in [-0.1, -0.05) is 15.9 Å². The van der Waals surface area contributed by atoms with Gasteiger partial charge in [0.1, 0.15) is 0 Å². The van der Waals surface area contributed by atoms with E-state index in [9.17, 15) is 9.59 Å². The van der Waals surface area contributed by atoms with Gasteiger partial charge < -0.3 is 5.32 Å². The number of carbonyl (C=O) groups excluding carboxylic acids is 2. The molecule has 0 fully saturated rings. The van der Waals surface area contributed by atoms with Gasteiger partial charge in [-0.05, 0) is 44.0 Å². The molecule has 1 rings (SSSR count). The second-order valence-corrected chi connectivity index (χ2v) is 6.19. The van der Waals surface area contributed by atoms with Crippen molar-refractivity contribution in [2.75, 3.05) is 11.2 Å². The molecule has 0 spiro atoms. The quantitative estimate of drug-likeness (QED) is 0.659. The Morgan fingerprint density at radius 2 is 1.72 bits per heavy atom. The van der Waals surface area contributed by atoms with Crippen molar-refractivity contribution >= 4 is 77.0 Å². The fourth-order valence-corrected chi connectivity index (χ4v) is 3.71. The maximum Gasteiger partial charge on any atom is 0.325 e. The van der Waals surface area contributed by atoms with E-state index in [0.717, 1.165) is 4.47 Å². The van der Waals surface area contributed by atoms with Crippen molar-refractivity contribution in [3.05, 3.63) is 25.6 Å². The third-order valence-corrected chi connectivity index (χ3v) is 3.72. The number of carbonyl (C=O) groups is 2. The monoisotopic (exact) mass is 460 g/mol. The van der Waals surface area contributed by atoms with E-state index in [2.05, 4.69) is 58.4 Å². The smallest absolute Gasteiger partial charge is 0.305 e.